The van der Waals surface area contributed by atoms with Gasteiger partial charge < -0.3 is 9.73 Å². The van der Waals surface area contributed by atoms with Gasteiger partial charge in [0, 0.05) is 11.1 Å². The van der Waals surface area contributed by atoms with Crippen molar-refractivity contribution in [2.24, 2.45) is 0 Å². The number of rotatable bonds is 3. The Morgan fingerprint density at radius 1 is 1.11 bits per heavy atom. The fraction of sp³-hybridized carbons (Fsp3) is 0.167. The van der Waals surface area contributed by atoms with Crippen molar-refractivity contribution < 1.29 is 17.6 Å². The van der Waals surface area contributed by atoms with E-state index in [9.17, 15) is 13.2 Å². The highest BCUT2D eigenvalue weighted by Gasteiger charge is 2.23. The van der Waals surface area contributed by atoms with Crippen LogP contribution in [0.25, 0.3) is 0 Å². The van der Waals surface area contributed by atoms with Crippen molar-refractivity contribution in [2.75, 3.05) is 7.05 Å². The van der Waals surface area contributed by atoms with Crippen LogP contribution in [0, 0.1) is 17.5 Å². The summed E-state index contributed by atoms with van der Waals surface area (Å²) >= 11 is 5.79. The summed E-state index contributed by atoms with van der Waals surface area (Å²) in [5.74, 6) is -3.98. The second-order valence-electron chi connectivity index (χ2n) is 3.64. The Labute approximate surface area is 106 Å². The average Bonchev–Trinajstić information content (AvgIpc) is 2.77. The topological polar surface area (TPSA) is 25.2 Å². The molecule has 1 heterocycles. The number of furan rings is 1. The fourth-order valence-corrected chi connectivity index (χ4v) is 1.98. The summed E-state index contributed by atoms with van der Waals surface area (Å²) in [4.78, 5) is 0. The molecule has 0 aliphatic carbocycles. The van der Waals surface area contributed by atoms with Gasteiger partial charge in [-0.2, -0.15) is 0 Å². The molecule has 2 rings (SSSR count). The van der Waals surface area contributed by atoms with E-state index >= 15 is 0 Å². The summed E-state index contributed by atoms with van der Waals surface area (Å²) in [5, 5.41) is 2.84. The van der Waals surface area contributed by atoms with E-state index in [1.165, 1.54) is 12.3 Å². The van der Waals surface area contributed by atoms with Gasteiger partial charge in [0.1, 0.15) is 0 Å². The standard InChI is InChI=1S/C12H9ClF3NO/c1-17-11(7-4-5-18-12(7)13)6-2-3-8(14)10(16)9(6)15/h2-5,11,17H,1H3. The average molecular weight is 276 g/mol. The Bertz CT molecular complexity index is 570. The second kappa shape index (κ2) is 5.04. The van der Waals surface area contributed by atoms with E-state index in [0.717, 1.165) is 12.1 Å². The van der Waals surface area contributed by atoms with Crippen molar-refractivity contribution in [1.29, 1.82) is 0 Å². The van der Waals surface area contributed by atoms with Crippen LogP contribution in [0.4, 0.5) is 13.2 Å². The zero-order chi connectivity index (χ0) is 13.3. The molecule has 0 bridgehead atoms. The van der Waals surface area contributed by atoms with Crippen molar-refractivity contribution in [3.8, 4) is 0 Å². The molecule has 96 valence electrons. The van der Waals surface area contributed by atoms with Crippen LogP contribution >= 0.6 is 11.6 Å². The molecule has 0 amide bonds. The number of hydrogen-bond donors (Lipinski definition) is 1. The van der Waals surface area contributed by atoms with Gasteiger partial charge in [-0.05, 0) is 30.8 Å². The van der Waals surface area contributed by atoms with Crippen LogP contribution in [0.15, 0.2) is 28.9 Å². The Kier molecular flexibility index (Phi) is 3.63. The van der Waals surface area contributed by atoms with Gasteiger partial charge in [0.05, 0.1) is 12.3 Å². The number of halogens is 4. The zero-order valence-electron chi connectivity index (χ0n) is 9.31. The third kappa shape index (κ3) is 2.11. The molecular formula is C12H9ClF3NO. The van der Waals surface area contributed by atoms with Gasteiger partial charge in [-0.1, -0.05) is 6.07 Å². The summed E-state index contributed by atoms with van der Waals surface area (Å²) < 4.78 is 44.7. The predicted octanol–water partition coefficient (Wildman–Crippen LogP) is 3.66. The number of nitrogens with one attached hydrogen (secondary N) is 1. The molecule has 0 saturated carbocycles. The fourth-order valence-electron chi connectivity index (χ4n) is 1.75. The van der Waals surface area contributed by atoms with Gasteiger partial charge >= 0.3 is 0 Å². The molecule has 2 nitrogen and oxygen atoms in total. The van der Waals surface area contributed by atoms with Gasteiger partial charge in [0.25, 0.3) is 0 Å². The predicted molar refractivity (Wildman–Crippen MR) is 60.9 cm³/mol. The van der Waals surface area contributed by atoms with E-state index in [1.807, 2.05) is 0 Å². The summed E-state index contributed by atoms with van der Waals surface area (Å²) in [7, 11) is 1.55. The van der Waals surface area contributed by atoms with E-state index < -0.39 is 23.5 Å². The monoisotopic (exact) mass is 275 g/mol. The molecule has 0 aliphatic heterocycles. The van der Waals surface area contributed by atoms with Crippen molar-refractivity contribution in [3.05, 3.63) is 58.3 Å². The molecule has 1 N–H and O–H groups in total. The first-order valence-corrected chi connectivity index (χ1v) is 5.47. The second-order valence-corrected chi connectivity index (χ2v) is 3.98. The highest BCUT2D eigenvalue weighted by atomic mass is 35.5. The van der Waals surface area contributed by atoms with Crippen LogP contribution in [0.5, 0.6) is 0 Å². The van der Waals surface area contributed by atoms with Crippen molar-refractivity contribution >= 4 is 11.6 Å². The molecule has 1 atom stereocenters. The third-order valence-corrected chi connectivity index (χ3v) is 2.93. The van der Waals surface area contributed by atoms with Gasteiger partial charge in [0.2, 0.25) is 0 Å². The van der Waals surface area contributed by atoms with Crippen LogP contribution in [0.2, 0.25) is 5.22 Å². The summed E-state index contributed by atoms with van der Waals surface area (Å²) in [5.41, 5.74) is 0.406. The van der Waals surface area contributed by atoms with E-state index in [2.05, 4.69) is 5.32 Å². The smallest absolute Gasteiger partial charge is 0.198 e. The number of benzene rings is 1. The van der Waals surface area contributed by atoms with Crippen LogP contribution in [-0.4, -0.2) is 7.05 Å². The minimum atomic E-state index is -1.51. The Morgan fingerprint density at radius 2 is 1.83 bits per heavy atom. The lowest BCUT2D eigenvalue weighted by atomic mass is 10.0. The Balaban J connectivity index is 2.53. The maximum Gasteiger partial charge on any atom is 0.198 e. The first kappa shape index (κ1) is 13.0. The molecule has 0 saturated heterocycles. The lowest BCUT2D eigenvalue weighted by Gasteiger charge is -2.16. The van der Waals surface area contributed by atoms with Crippen LogP contribution in [0.3, 0.4) is 0 Å². The maximum atomic E-state index is 13.7. The molecule has 2 aromatic rings. The quantitative estimate of drug-likeness (QED) is 0.865. The van der Waals surface area contributed by atoms with Gasteiger partial charge in [0.15, 0.2) is 22.7 Å². The van der Waals surface area contributed by atoms with E-state index in [1.54, 1.807) is 7.05 Å². The molecule has 1 aromatic carbocycles. The van der Waals surface area contributed by atoms with Crippen molar-refractivity contribution in [1.82, 2.24) is 5.32 Å². The lowest BCUT2D eigenvalue weighted by Crippen LogP contribution is -2.19. The molecule has 6 heteroatoms. The van der Waals surface area contributed by atoms with Crippen LogP contribution in [-0.2, 0) is 0 Å². The van der Waals surface area contributed by atoms with Crippen molar-refractivity contribution in [3.63, 3.8) is 0 Å². The molecule has 1 unspecified atom stereocenters. The van der Waals surface area contributed by atoms with Crippen molar-refractivity contribution in [2.45, 2.75) is 6.04 Å². The van der Waals surface area contributed by atoms with Gasteiger partial charge in [-0.25, -0.2) is 13.2 Å². The van der Waals surface area contributed by atoms with Crippen LogP contribution in [0.1, 0.15) is 17.2 Å². The number of hydrogen-bond acceptors (Lipinski definition) is 2. The minimum Gasteiger partial charge on any atom is -0.453 e. The largest absolute Gasteiger partial charge is 0.453 e. The molecule has 1 aromatic heterocycles. The highest BCUT2D eigenvalue weighted by molar-refractivity contribution is 6.29. The van der Waals surface area contributed by atoms with Gasteiger partial charge in [-0.3, -0.25) is 0 Å². The molecule has 0 spiro atoms. The van der Waals surface area contributed by atoms with Gasteiger partial charge in [-0.15, -0.1) is 0 Å². The first-order chi connectivity index (χ1) is 8.56. The first-order valence-electron chi connectivity index (χ1n) is 5.09. The molecule has 0 fully saturated rings. The normalized spacial score (nSPS) is 12.7. The summed E-state index contributed by atoms with van der Waals surface area (Å²) in [6, 6.07) is 2.85. The van der Waals surface area contributed by atoms with E-state index in [4.69, 9.17) is 16.0 Å². The molecule has 0 aliphatic rings. The minimum absolute atomic E-state index is 0.0419. The lowest BCUT2D eigenvalue weighted by molar-refractivity contribution is 0.434. The third-order valence-electron chi connectivity index (χ3n) is 2.62. The SMILES string of the molecule is CNC(c1ccoc1Cl)c1ccc(F)c(F)c1F. The molecule has 0 radical (unpaired) electrons. The summed E-state index contributed by atoms with van der Waals surface area (Å²) in [6.45, 7) is 0. The highest BCUT2D eigenvalue weighted by Crippen LogP contribution is 2.31. The van der Waals surface area contributed by atoms with E-state index in [-0.39, 0.29) is 10.8 Å². The molecule has 18 heavy (non-hydrogen) atoms. The summed E-state index contributed by atoms with van der Waals surface area (Å²) in [6.07, 6.45) is 1.33. The van der Waals surface area contributed by atoms with Crippen LogP contribution < -0.4 is 5.32 Å². The van der Waals surface area contributed by atoms with E-state index in [0.29, 0.717) is 5.56 Å². The zero-order valence-corrected chi connectivity index (χ0v) is 10.1. The Hall–Kier alpha value is -1.46. The molecular weight excluding hydrogens is 267 g/mol. The maximum absolute atomic E-state index is 13.7. The Morgan fingerprint density at radius 3 is 2.39 bits per heavy atom.